The van der Waals surface area contributed by atoms with Crippen LogP contribution in [0, 0.1) is 0 Å². The van der Waals surface area contributed by atoms with Gasteiger partial charge in [0.25, 0.3) is 0 Å². The lowest BCUT2D eigenvalue weighted by atomic mass is 10.1. The van der Waals surface area contributed by atoms with Crippen LogP contribution in [-0.2, 0) is 16.0 Å². The Hall–Kier alpha value is -1.20. The Kier molecular flexibility index (Phi) is 6.21. The third kappa shape index (κ3) is 4.42. The van der Waals surface area contributed by atoms with Crippen molar-refractivity contribution in [3.8, 4) is 11.1 Å². The predicted molar refractivity (Wildman–Crippen MR) is 84.1 cm³/mol. The first kappa shape index (κ1) is 15.2. The summed E-state index contributed by atoms with van der Waals surface area (Å²) < 4.78 is 10.4. The third-order valence-electron chi connectivity index (χ3n) is 3.12. The fourth-order valence-electron chi connectivity index (χ4n) is 2.01. The molecule has 4 heteroatoms. The first-order valence-corrected chi connectivity index (χ1v) is 7.56. The van der Waals surface area contributed by atoms with Crippen LogP contribution in [0.1, 0.15) is 4.88 Å². The first-order chi connectivity index (χ1) is 9.83. The van der Waals surface area contributed by atoms with Gasteiger partial charge in [0.1, 0.15) is 0 Å². The summed E-state index contributed by atoms with van der Waals surface area (Å²) >= 11 is 1.78. The summed E-state index contributed by atoms with van der Waals surface area (Å²) in [6.07, 6.45) is 0.105. The highest BCUT2D eigenvalue weighted by Gasteiger charge is 2.07. The first-order valence-electron chi connectivity index (χ1n) is 6.68. The monoisotopic (exact) mass is 291 g/mol. The molecule has 1 atom stereocenters. The predicted octanol–water partition coefficient (Wildman–Crippen LogP) is 3.17. The van der Waals surface area contributed by atoms with Gasteiger partial charge in [0.2, 0.25) is 0 Å². The zero-order valence-electron chi connectivity index (χ0n) is 12.0. The van der Waals surface area contributed by atoms with Gasteiger partial charge in [0.05, 0.1) is 12.7 Å². The summed E-state index contributed by atoms with van der Waals surface area (Å²) in [6, 6.07) is 12.7. The number of hydrogen-bond donors (Lipinski definition) is 1. The molecular formula is C16H21NO2S. The van der Waals surface area contributed by atoms with Crippen LogP contribution in [0.5, 0.6) is 0 Å². The number of benzene rings is 1. The number of rotatable bonds is 8. The number of nitrogens with one attached hydrogen (secondary N) is 1. The van der Waals surface area contributed by atoms with Gasteiger partial charge in [-0.2, -0.15) is 0 Å². The van der Waals surface area contributed by atoms with Crippen molar-refractivity contribution < 1.29 is 9.47 Å². The smallest absolute Gasteiger partial charge is 0.0928 e. The molecule has 0 amide bonds. The third-order valence-corrected chi connectivity index (χ3v) is 4.05. The lowest BCUT2D eigenvalue weighted by Gasteiger charge is -2.14. The van der Waals surface area contributed by atoms with Crippen molar-refractivity contribution >= 4 is 11.3 Å². The average molecular weight is 291 g/mol. The maximum Gasteiger partial charge on any atom is 0.0928 e. The molecule has 20 heavy (non-hydrogen) atoms. The Morgan fingerprint density at radius 1 is 1.15 bits per heavy atom. The molecule has 0 fully saturated rings. The van der Waals surface area contributed by atoms with Crippen molar-refractivity contribution in [2.75, 3.05) is 27.4 Å². The van der Waals surface area contributed by atoms with Crippen LogP contribution in [0.25, 0.3) is 11.1 Å². The quantitative estimate of drug-likeness (QED) is 0.810. The molecule has 2 rings (SSSR count). The van der Waals surface area contributed by atoms with Crippen LogP contribution in [0.15, 0.2) is 41.8 Å². The molecule has 0 aliphatic carbocycles. The van der Waals surface area contributed by atoms with E-state index in [-0.39, 0.29) is 6.10 Å². The molecule has 1 unspecified atom stereocenters. The largest absolute Gasteiger partial charge is 0.382 e. The lowest BCUT2D eigenvalue weighted by molar-refractivity contribution is 0.0288. The van der Waals surface area contributed by atoms with E-state index in [2.05, 4.69) is 41.0 Å². The average Bonchev–Trinajstić information content (AvgIpc) is 2.96. The highest BCUT2D eigenvalue weighted by Crippen LogP contribution is 2.25. The van der Waals surface area contributed by atoms with Crippen molar-refractivity contribution in [3.63, 3.8) is 0 Å². The van der Waals surface area contributed by atoms with Gasteiger partial charge in [-0.25, -0.2) is 0 Å². The van der Waals surface area contributed by atoms with E-state index in [0.29, 0.717) is 6.61 Å². The van der Waals surface area contributed by atoms with Crippen LogP contribution < -0.4 is 5.32 Å². The van der Waals surface area contributed by atoms with E-state index < -0.39 is 0 Å². The van der Waals surface area contributed by atoms with E-state index in [4.69, 9.17) is 9.47 Å². The van der Waals surface area contributed by atoms with E-state index >= 15 is 0 Å². The highest BCUT2D eigenvalue weighted by molar-refractivity contribution is 7.10. The Bertz CT molecular complexity index is 498. The Morgan fingerprint density at radius 3 is 2.65 bits per heavy atom. The van der Waals surface area contributed by atoms with Crippen LogP contribution in [0.2, 0.25) is 0 Å². The SMILES string of the molecule is COCC(CNCc1cc(-c2ccccc2)cs1)OC. The minimum absolute atomic E-state index is 0.105. The van der Waals surface area contributed by atoms with Gasteiger partial charge in [-0.15, -0.1) is 11.3 Å². The molecule has 108 valence electrons. The number of methoxy groups -OCH3 is 2. The van der Waals surface area contributed by atoms with E-state index in [9.17, 15) is 0 Å². The topological polar surface area (TPSA) is 30.5 Å². The van der Waals surface area contributed by atoms with E-state index in [0.717, 1.165) is 13.1 Å². The Balaban J connectivity index is 1.84. The molecule has 0 aliphatic heterocycles. The zero-order valence-corrected chi connectivity index (χ0v) is 12.8. The van der Waals surface area contributed by atoms with Crippen LogP contribution in [0.4, 0.5) is 0 Å². The molecule has 0 saturated heterocycles. The molecule has 0 bridgehead atoms. The fraction of sp³-hybridized carbons (Fsp3) is 0.375. The second-order valence-electron chi connectivity index (χ2n) is 4.61. The summed E-state index contributed by atoms with van der Waals surface area (Å²) in [7, 11) is 3.40. The second-order valence-corrected chi connectivity index (χ2v) is 5.61. The van der Waals surface area contributed by atoms with Gasteiger partial charge in [-0.05, 0) is 22.6 Å². The molecule has 0 spiro atoms. The molecule has 1 heterocycles. The minimum atomic E-state index is 0.105. The molecule has 1 aromatic carbocycles. The van der Waals surface area contributed by atoms with Crippen LogP contribution in [0.3, 0.4) is 0 Å². The van der Waals surface area contributed by atoms with Crippen molar-refractivity contribution in [2.24, 2.45) is 0 Å². The van der Waals surface area contributed by atoms with Gasteiger partial charge in [0.15, 0.2) is 0 Å². The van der Waals surface area contributed by atoms with Gasteiger partial charge >= 0.3 is 0 Å². The molecule has 0 radical (unpaired) electrons. The summed E-state index contributed by atoms with van der Waals surface area (Å²) in [6.45, 7) is 2.27. The Labute approximate surface area is 124 Å². The van der Waals surface area contributed by atoms with Crippen LogP contribution >= 0.6 is 11.3 Å². The van der Waals surface area contributed by atoms with E-state index in [1.165, 1.54) is 16.0 Å². The number of ether oxygens (including phenoxy) is 2. The maximum atomic E-state index is 5.32. The van der Waals surface area contributed by atoms with Crippen LogP contribution in [-0.4, -0.2) is 33.5 Å². The standard InChI is InChI=1S/C16H21NO2S/c1-18-11-15(19-2)9-17-10-16-8-14(12-20-16)13-6-4-3-5-7-13/h3-8,12,15,17H,9-11H2,1-2H3. The van der Waals surface area contributed by atoms with Crippen molar-refractivity contribution in [1.29, 1.82) is 0 Å². The van der Waals surface area contributed by atoms with Gasteiger partial charge in [-0.1, -0.05) is 30.3 Å². The molecular weight excluding hydrogens is 270 g/mol. The minimum Gasteiger partial charge on any atom is -0.382 e. The normalized spacial score (nSPS) is 12.5. The molecule has 3 nitrogen and oxygen atoms in total. The molecule has 1 N–H and O–H groups in total. The molecule has 2 aromatic rings. The highest BCUT2D eigenvalue weighted by atomic mass is 32.1. The molecule has 0 saturated carbocycles. The van der Waals surface area contributed by atoms with Crippen molar-refractivity contribution in [2.45, 2.75) is 12.6 Å². The van der Waals surface area contributed by atoms with Gasteiger partial charge in [0, 0.05) is 32.2 Å². The second kappa shape index (κ2) is 8.17. The summed E-state index contributed by atoms with van der Waals surface area (Å²) in [5.74, 6) is 0. The summed E-state index contributed by atoms with van der Waals surface area (Å²) in [4.78, 5) is 1.33. The molecule has 1 aromatic heterocycles. The Morgan fingerprint density at radius 2 is 1.95 bits per heavy atom. The number of thiophene rings is 1. The number of hydrogen-bond acceptors (Lipinski definition) is 4. The summed E-state index contributed by atoms with van der Waals surface area (Å²) in [5.41, 5.74) is 2.55. The fourth-order valence-corrected chi connectivity index (χ4v) is 2.87. The van der Waals surface area contributed by atoms with Crippen molar-refractivity contribution in [1.82, 2.24) is 5.32 Å². The maximum absolute atomic E-state index is 5.32. The van der Waals surface area contributed by atoms with Gasteiger partial charge < -0.3 is 14.8 Å². The van der Waals surface area contributed by atoms with Gasteiger partial charge in [-0.3, -0.25) is 0 Å². The lowest BCUT2D eigenvalue weighted by Crippen LogP contribution is -2.31. The zero-order chi connectivity index (χ0) is 14.2. The van der Waals surface area contributed by atoms with E-state index in [1.807, 2.05) is 6.07 Å². The van der Waals surface area contributed by atoms with Crippen molar-refractivity contribution in [3.05, 3.63) is 46.7 Å². The summed E-state index contributed by atoms with van der Waals surface area (Å²) in [5, 5.41) is 5.61. The van der Waals surface area contributed by atoms with E-state index in [1.54, 1.807) is 25.6 Å². The molecule has 0 aliphatic rings.